The molecule has 7 heteroatoms. The van der Waals surface area contributed by atoms with Crippen LogP contribution in [0, 0.1) is 5.92 Å². The Morgan fingerprint density at radius 1 is 1.17 bits per heavy atom. The van der Waals surface area contributed by atoms with Crippen LogP contribution in [0.5, 0.6) is 0 Å². The third kappa shape index (κ3) is 5.62. The summed E-state index contributed by atoms with van der Waals surface area (Å²) in [6.45, 7) is 10.1. The first-order chi connectivity index (χ1) is 14.3. The topological polar surface area (TPSA) is 79.3 Å². The van der Waals surface area contributed by atoms with Gasteiger partial charge in [-0.1, -0.05) is 26.0 Å². The fourth-order valence-corrected chi connectivity index (χ4v) is 3.85. The molecule has 1 aromatic heterocycles. The third-order valence-electron chi connectivity index (χ3n) is 5.38. The van der Waals surface area contributed by atoms with Gasteiger partial charge in [0.25, 0.3) is 0 Å². The van der Waals surface area contributed by atoms with Gasteiger partial charge in [0, 0.05) is 55.6 Å². The summed E-state index contributed by atoms with van der Waals surface area (Å²) in [6, 6.07) is 7.95. The second-order valence-corrected chi connectivity index (χ2v) is 8.62. The summed E-state index contributed by atoms with van der Waals surface area (Å²) in [5.41, 5.74) is 1.89. The van der Waals surface area contributed by atoms with Gasteiger partial charge in [-0.2, -0.15) is 0 Å². The molecule has 162 valence electrons. The van der Waals surface area contributed by atoms with E-state index in [9.17, 15) is 9.59 Å². The Balaban J connectivity index is 1.55. The molecule has 3 amide bonds. The Morgan fingerprint density at radius 2 is 1.90 bits per heavy atom. The van der Waals surface area contributed by atoms with Crippen molar-refractivity contribution in [2.75, 3.05) is 18.4 Å². The largest absolute Gasteiger partial charge is 0.354 e. The Kier molecular flexibility index (Phi) is 7.13. The fraction of sp³-hybridized carbons (Fsp3) is 0.522. The highest BCUT2D eigenvalue weighted by atomic mass is 16.2. The van der Waals surface area contributed by atoms with E-state index in [1.807, 2.05) is 44.4 Å². The second-order valence-electron chi connectivity index (χ2n) is 8.62. The van der Waals surface area contributed by atoms with Crippen LogP contribution in [0.4, 0.5) is 10.5 Å². The van der Waals surface area contributed by atoms with Crippen molar-refractivity contribution >= 4 is 17.6 Å². The number of rotatable bonds is 6. The minimum atomic E-state index is -0.111. The summed E-state index contributed by atoms with van der Waals surface area (Å²) in [5.74, 6) is 1.49. The number of urea groups is 1. The summed E-state index contributed by atoms with van der Waals surface area (Å²) in [6.07, 6.45) is 5.21. The van der Waals surface area contributed by atoms with Crippen molar-refractivity contribution in [1.82, 2.24) is 19.8 Å². The van der Waals surface area contributed by atoms with E-state index < -0.39 is 0 Å². The average Bonchev–Trinajstić information content (AvgIpc) is 3.16. The summed E-state index contributed by atoms with van der Waals surface area (Å²) in [7, 11) is 0. The second kappa shape index (κ2) is 9.78. The summed E-state index contributed by atoms with van der Waals surface area (Å²) < 4.78 is 2.14. The molecule has 0 unspecified atom stereocenters. The number of aromatic nitrogens is 2. The van der Waals surface area contributed by atoms with Crippen LogP contribution in [0.1, 0.15) is 57.8 Å². The SMILES string of the molecule is CC(C)NC(=O)C1CCN(C(=O)Nc2cccc(Cn3ccnc3C(C)C)c2)CC1. The van der Waals surface area contributed by atoms with Crippen LogP contribution >= 0.6 is 0 Å². The van der Waals surface area contributed by atoms with Crippen LogP contribution in [0.15, 0.2) is 36.7 Å². The minimum absolute atomic E-state index is 0.00916. The molecule has 2 N–H and O–H groups in total. The molecule has 1 aliphatic rings. The fourth-order valence-electron chi connectivity index (χ4n) is 3.85. The zero-order valence-corrected chi connectivity index (χ0v) is 18.4. The van der Waals surface area contributed by atoms with Crippen LogP contribution in [-0.4, -0.2) is 45.5 Å². The van der Waals surface area contributed by atoms with Crippen LogP contribution in [0.2, 0.25) is 0 Å². The molecule has 0 saturated carbocycles. The monoisotopic (exact) mass is 411 g/mol. The molecule has 0 aliphatic carbocycles. The van der Waals surface area contributed by atoms with E-state index in [1.54, 1.807) is 4.90 Å². The molecule has 30 heavy (non-hydrogen) atoms. The lowest BCUT2D eigenvalue weighted by atomic mass is 9.96. The summed E-state index contributed by atoms with van der Waals surface area (Å²) in [4.78, 5) is 31.1. The number of nitrogens with zero attached hydrogens (tertiary/aromatic N) is 3. The van der Waals surface area contributed by atoms with E-state index in [4.69, 9.17) is 0 Å². The van der Waals surface area contributed by atoms with E-state index >= 15 is 0 Å². The smallest absolute Gasteiger partial charge is 0.321 e. The molecule has 2 aromatic rings. The third-order valence-corrected chi connectivity index (χ3v) is 5.38. The lowest BCUT2D eigenvalue weighted by molar-refractivity contribution is -0.126. The van der Waals surface area contributed by atoms with Gasteiger partial charge in [0.2, 0.25) is 5.91 Å². The number of nitrogens with one attached hydrogen (secondary N) is 2. The van der Waals surface area contributed by atoms with E-state index in [0.29, 0.717) is 38.4 Å². The van der Waals surface area contributed by atoms with Gasteiger partial charge in [-0.15, -0.1) is 0 Å². The molecule has 1 fully saturated rings. The van der Waals surface area contributed by atoms with Gasteiger partial charge < -0.3 is 20.1 Å². The number of carbonyl (C=O) groups excluding carboxylic acids is 2. The number of hydrogen-bond donors (Lipinski definition) is 2. The maximum Gasteiger partial charge on any atom is 0.321 e. The van der Waals surface area contributed by atoms with Crippen molar-refractivity contribution in [2.45, 2.75) is 59.0 Å². The molecule has 0 bridgehead atoms. The number of benzene rings is 1. The van der Waals surface area contributed by atoms with Gasteiger partial charge in [-0.25, -0.2) is 9.78 Å². The van der Waals surface area contributed by atoms with Crippen molar-refractivity contribution < 1.29 is 9.59 Å². The Bertz CT molecular complexity index is 866. The first-order valence-electron chi connectivity index (χ1n) is 10.8. The molecule has 1 aliphatic heterocycles. The molecule has 1 aromatic carbocycles. The molecule has 3 rings (SSSR count). The minimum Gasteiger partial charge on any atom is -0.354 e. The number of piperidine rings is 1. The summed E-state index contributed by atoms with van der Waals surface area (Å²) >= 11 is 0. The van der Waals surface area contributed by atoms with Gasteiger partial charge in [0.15, 0.2) is 0 Å². The number of hydrogen-bond acceptors (Lipinski definition) is 3. The highest BCUT2D eigenvalue weighted by Crippen LogP contribution is 2.20. The maximum absolute atomic E-state index is 12.7. The van der Waals surface area contributed by atoms with Crippen molar-refractivity contribution in [2.24, 2.45) is 5.92 Å². The quantitative estimate of drug-likeness (QED) is 0.758. The Labute approximate surface area is 178 Å². The van der Waals surface area contributed by atoms with Gasteiger partial charge >= 0.3 is 6.03 Å². The standard InChI is InChI=1S/C23H33N5O2/c1-16(2)21-24-10-13-28(21)15-18-6-5-7-20(14-18)26-23(30)27-11-8-19(9-12-27)22(29)25-17(3)4/h5-7,10,13-14,16-17,19H,8-9,11-12,15H2,1-4H3,(H,25,29)(H,26,30). The average molecular weight is 412 g/mol. The molecule has 2 heterocycles. The zero-order valence-electron chi connectivity index (χ0n) is 18.4. The predicted molar refractivity (Wildman–Crippen MR) is 118 cm³/mol. The highest BCUT2D eigenvalue weighted by molar-refractivity contribution is 5.89. The van der Waals surface area contributed by atoms with Gasteiger partial charge in [0.05, 0.1) is 0 Å². The van der Waals surface area contributed by atoms with Crippen molar-refractivity contribution in [3.05, 3.63) is 48.0 Å². The van der Waals surface area contributed by atoms with E-state index in [1.165, 1.54) is 0 Å². The lowest BCUT2D eigenvalue weighted by Gasteiger charge is -2.31. The van der Waals surface area contributed by atoms with Crippen molar-refractivity contribution in [3.63, 3.8) is 0 Å². The van der Waals surface area contributed by atoms with E-state index in [2.05, 4.69) is 40.1 Å². The van der Waals surface area contributed by atoms with Crippen molar-refractivity contribution in [3.8, 4) is 0 Å². The first kappa shape index (κ1) is 21.9. The molecule has 0 spiro atoms. The number of likely N-dealkylation sites (tertiary alicyclic amines) is 1. The molecule has 7 nitrogen and oxygen atoms in total. The number of carbonyl (C=O) groups is 2. The van der Waals surface area contributed by atoms with E-state index in [-0.39, 0.29) is 23.9 Å². The molecule has 1 saturated heterocycles. The lowest BCUT2D eigenvalue weighted by Crippen LogP contribution is -2.45. The normalized spacial score (nSPS) is 14.9. The first-order valence-corrected chi connectivity index (χ1v) is 10.8. The van der Waals surface area contributed by atoms with Crippen molar-refractivity contribution in [1.29, 1.82) is 0 Å². The zero-order chi connectivity index (χ0) is 21.7. The van der Waals surface area contributed by atoms with Crippen LogP contribution in [0.3, 0.4) is 0 Å². The maximum atomic E-state index is 12.7. The van der Waals surface area contributed by atoms with Crippen LogP contribution < -0.4 is 10.6 Å². The van der Waals surface area contributed by atoms with E-state index in [0.717, 1.165) is 17.1 Å². The highest BCUT2D eigenvalue weighted by Gasteiger charge is 2.27. The Hall–Kier alpha value is -2.83. The summed E-state index contributed by atoms with van der Waals surface area (Å²) in [5, 5.41) is 5.97. The molecule has 0 atom stereocenters. The van der Waals surface area contributed by atoms with Gasteiger partial charge in [-0.3, -0.25) is 4.79 Å². The van der Waals surface area contributed by atoms with Gasteiger partial charge in [0.1, 0.15) is 5.82 Å². The number of anilines is 1. The predicted octanol–water partition coefficient (Wildman–Crippen LogP) is 3.82. The molecule has 0 radical (unpaired) electrons. The van der Waals surface area contributed by atoms with Crippen LogP contribution in [0.25, 0.3) is 0 Å². The van der Waals surface area contributed by atoms with Gasteiger partial charge in [-0.05, 0) is 44.4 Å². The number of imidazole rings is 1. The molecular weight excluding hydrogens is 378 g/mol. The number of amides is 3. The Morgan fingerprint density at radius 3 is 2.57 bits per heavy atom. The molecular formula is C23H33N5O2. The van der Waals surface area contributed by atoms with Crippen LogP contribution in [-0.2, 0) is 11.3 Å².